The van der Waals surface area contributed by atoms with E-state index in [1.165, 1.54) is 6.07 Å². The van der Waals surface area contributed by atoms with Gasteiger partial charge in [0.05, 0.1) is 12.1 Å². The molecule has 0 saturated carbocycles. The number of pyridine rings is 1. The molecule has 0 fully saturated rings. The van der Waals surface area contributed by atoms with Crippen molar-refractivity contribution in [3.8, 4) is 11.6 Å². The molecule has 2 rings (SSSR count). The minimum absolute atomic E-state index is 0.0916. The SMILES string of the molecule is CNCc1noc(-c2ccc(C(F)(F)F)cn2)n1. The van der Waals surface area contributed by atoms with E-state index in [2.05, 4.69) is 20.4 Å². The first-order valence-electron chi connectivity index (χ1n) is 5.01. The molecule has 5 nitrogen and oxygen atoms in total. The molecule has 0 radical (unpaired) electrons. The van der Waals surface area contributed by atoms with Crippen LogP contribution in [-0.2, 0) is 12.7 Å². The van der Waals surface area contributed by atoms with E-state index in [0.29, 0.717) is 12.4 Å². The average Bonchev–Trinajstić information content (AvgIpc) is 2.77. The van der Waals surface area contributed by atoms with Crippen LogP contribution in [0, 0.1) is 0 Å². The van der Waals surface area contributed by atoms with E-state index < -0.39 is 11.7 Å². The summed E-state index contributed by atoms with van der Waals surface area (Å²) < 4.78 is 41.9. The molecule has 0 aliphatic heterocycles. The number of aromatic nitrogens is 3. The Bertz CT molecular complexity index is 521. The summed E-state index contributed by atoms with van der Waals surface area (Å²) >= 11 is 0. The lowest BCUT2D eigenvalue weighted by Gasteiger charge is -2.04. The quantitative estimate of drug-likeness (QED) is 0.910. The van der Waals surface area contributed by atoms with Gasteiger partial charge in [-0.15, -0.1) is 0 Å². The second-order valence-corrected chi connectivity index (χ2v) is 3.48. The van der Waals surface area contributed by atoms with Crippen molar-refractivity contribution >= 4 is 0 Å². The van der Waals surface area contributed by atoms with Crippen molar-refractivity contribution < 1.29 is 17.7 Å². The number of halogens is 3. The number of nitrogens with zero attached hydrogens (tertiary/aromatic N) is 3. The first kappa shape index (κ1) is 12.5. The third kappa shape index (κ3) is 2.65. The van der Waals surface area contributed by atoms with Gasteiger partial charge in [0.1, 0.15) is 5.69 Å². The smallest absolute Gasteiger partial charge is 0.332 e. The normalized spacial score (nSPS) is 11.8. The summed E-state index contributed by atoms with van der Waals surface area (Å²) in [5.74, 6) is 0.503. The van der Waals surface area contributed by atoms with E-state index >= 15 is 0 Å². The molecular formula is C10H9F3N4O. The Morgan fingerprint density at radius 1 is 1.33 bits per heavy atom. The molecule has 0 saturated heterocycles. The molecule has 0 bridgehead atoms. The third-order valence-corrected chi connectivity index (χ3v) is 2.11. The molecule has 1 N–H and O–H groups in total. The predicted molar refractivity (Wildman–Crippen MR) is 55.3 cm³/mol. The Hall–Kier alpha value is -1.96. The van der Waals surface area contributed by atoms with Crippen molar-refractivity contribution in [2.75, 3.05) is 7.05 Å². The van der Waals surface area contributed by atoms with Gasteiger partial charge in [-0.2, -0.15) is 18.2 Å². The van der Waals surface area contributed by atoms with Gasteiger partial charge in [0.15, 0.2) is 5.82 Å². The Morgan fingerprint density at radius 3 is 2.67 bits per heavy atom. The maximum Gasteiger partial charge on any atom is 0.417 e. The van der Waals surface area contributed by atoms with Crippen molar-refractivity contribution in [2.45, 2.75) is 12.7 Å². The van der Waals surface area contributed by atoms with Gasteiger partial charge in [-0.3, -0.25) is 4.98 Å². The standard InChI is InChI=1S/C10H9F3N4O/c1-14-5-8-16-9(18-17-8)7-3-2-6(4-15-7)10(11,12)13/h2-4,14H,5H2,1H3. The fraction of sp³-hybridized carbons (Fsp3) is 0.300. The van der Waals surface area contributed by atoms with Crippen molar-refractivity contribution in [1.29, 1.82) is 0 Å². The van der Waals surface area contributed by atoms with Crippen LogP contribution in [0.5, 0.6) is 0 Å². The van der Waals surface area contributed by atoms with E-state index in [9.17, 15) is 13.2 Å². The third-order valence-electron chi connectivity index (χ3n) is 2.11. The highest BCUT2D eigenvalue weighted by molar-refractivity contribution is 5.46. The van der Waals surface area contributed by atoms with Crippen molar-refractivity contribution in [1.82, 2.24) is 20.4 Å². The maximum atomic E-state index is 12.3. The highest BCUT2D eigenvalue weighted by Gasteiger charge is 2.30. The lowest BCUT2D eigenvalue weighted by atomic mass is 10.2. The van der Waals surface area contributed by atoms with E-state index in [1.54, 1.807) is 7.05 Å². The van der Waals surface area contributed by atoms with Crippen LogP contribution >= 0.6 is 0 Å². The maximum absolute atomic E-state index is 12.3. The molecule has 96 valence electrons. The number of nitrogens with one attached hydrogen (secondary N) is 1. The Morgan fingerprint density at radius 2 is 2.11 bits per heavy atom. The van der Waals surface area contributed by atoms with Crippen molar-refractivity contribution in [3.05, 3.63) is 29.7 Å². The molecule has 0 aliphatic rings. The molecule has 0 unspecified atom stereocenters. The number of hydrogen-bond donors (Lipinski definition) is 1. The largest absolute Gasteiger partial charge is 0.417 e. The summed E-state index contributed by atoms with van der Waals surface area (Å²) in [5.41, 5.74) is -0.612. The van der Waals surface area contributed by atoms with Crippen LogP contribution in [0.2, 0.25) is 0 Å². The molecule has 2 aromatic rings. The Labute approximate surface area is 100 Å². The van der Waals surface area contributed by atoms with E-state index in [-0.39, 0.29) is 11.6 Å². The highest BCUT2D eigenvalue weighted by atomic mass is 19.4. The Kier molecular flexibility index (Phi) is 3.28. The zero-order valence-electron chi connectivity index (χ0n) is 9.32. The second kappa shape index (κ2) is 4.73. The summed E-state index contributed by atoms with van der Waals surface area (Å²) in [7, 11) is 1.71. The van der Waals surface area contributed by atoms with Crippen LogP contribution in [0.3, 0.4) is 0 Å². The first-order chi connectivity index (χ1) is 8.50. The van der Waals surface area contributed by atoms with E-state index in [1.807, 2.05) is 0 Å². The van der Waals surface area contributed by atoms with Gasteiger partial charge >= 0.3 is 6.18 Å². The zero-order chi connectivity index (χ0) is 13.2. The fourth-order valence-electron chi connectivity index (χ4n) is 1.28. The van der Waals surface area contributed by atoms with Gasteiger partial charge in [-0.05, 0) is 19.2 Å². The topological polar surface area (TPSA) is 63.8 Å². The minimum atomic E-state index is -4.41. The number of rotatable bonds is 3. The second-order valence-electron chi connectivity index (χ2n) is 3.48. The van der Waals surface area contributed by atoms with E-state index in [0.717, 1.165) is 12.3 Å². The molecule has 0 spiro atoms. The van der Waals surface area contributed by atoms with Gasteiger partial charge in [-0.25, -0.2) is 0 Å². The van der Waals surface area contributed by atoms with Gasteiger partial charge in [0, 0.05) is 6.20 Å². The summed E-state index contributed by atoms with van der Waals surface area (Å²) in [6.45, 7) is 0.407. The first-order valence-corrected chi connectivity index (χ1v) is 5.01. The summed E-state index contributed by atoms with van der Waals surface area (Å²) in [6, 6.07) is 2.11. The van der Waals surface area contributed by atoms with Crippen LogP contribution < -0.4 is 5.32 Å². The summed E-state index contributed by atoms with van der Waals surface area (Å²) in [6.07, 6.45) is -3.67. The van der Waals surface area contributed by atoms with Crippen molar-refractivity contribution in [3.63, 3.8) is 0 Å². The number of alkyl halides is 3. The highest BCUT2D eigenvalue weighted by Crippen LogP contribution is 2.29. The van der Waals surface area contributed by atoms with Crippen LogP contribution in [0.15, 0.2) is 22.9 Å². The number of hydrogen-bond acceptors (Lipinski definition) is 5. The summed E-state index contributed by atoms with van der Waals surface area (Å²) in [5, 5.41) is 6.47. The lowest BCUT2D eigenvalue weighted by molar-refractivity contribution is -0.137. The molecule has 0 aromatic carbocycles. The molecule has 2 aromatic heterocycles. The molecule has 2 heterocycles. The van der Waals surface area contributed by atoms with Gasteiger partial charge in [0.2, 0.25) is 0 Å². The Balaban J connectivity index is 2.23. The molecule has 8 heteroatoms. The average molecular weight is 258 g/mol. The lowest BCUT2D eigenvalue weighted by Crippen LogP contribution is -2.06. The molecule has 0 aliphatic carbocycles. The minimum Gasteiger partial charge on any atom is -0.332 e. The summed E-state index contributed by atoms with van der Waals surface area (Å²) in [4.78, 5) is 7.63. The molecule has 0 amide bonds. The van der Waals surface area contributed by atoms with Crippen LogP contribution in [0.1, 0.15) is 11.4 Å². The van der Waals surface area contributed by atoms with Crippen LogP contribution in [0.4, 0.5) is 13.2 Å². The zero-order valence-corrected chi connectivity index (χ0v) is 9.32. The monoisotopic (exact) mass is 258 g/mol. The molecular weight excluding hydrogens is 249 g/mol. The van der Waals surface area contributed by atoms with Crippen molar-refractivity contribution in [2.24, 2.45) is 0 Å². The molecule has 18 heavy (non-hydrogen) atoms. The van der Waals surface area contributed by atoms with Crippen LogP contribution in [0.25, 0.3) is 11.6 Å². The fourth-order valence-corrected chi connectivity index (χ4v) is 1.28. The van der Waals surface area contributed by atoms with E-state index in [4.69, 9.17) is 4.52 Å². The predicted octanol–water partition coefficient (Wildman–Crippen LogP) is 1.87. The molecule has 0 atom stereocenters. The van der Waals surface area contributed by atoms with Gasteiger partial charge < -0.3 is 9.84 Å². The van der Waals surface area contributed by atoms with Gasteiger partial charge in [0.25, 0.3) is 5.89 Å². The van der Waals surface area contributed by atoms with Crippen LogP contribution in [-0.4, -0.2) is 22.2 Å². The van der Waals surface area contributed by atoms with Gasteiger partial charge in [-0.1, -0.05) is 5.16 Å².